The molecule has 0 saturated heterocycles. The standard InChI is InChI=1S/C29H24F4N2/c1-2-3-4-5-21-17-34-29(35-18-21)11-8-20-13-25(30)24(26(31)14-20)10-7-19-6-9-22-15-27(32)28(33)16-23(22)12-19/h6,9,12-18H,2-5,8,11H2,1H3. The maximum atomic E-state index is 14.6. The first-order valence-corrected chi connectivity index (χ1v) is 11.6. The van der Waals surface area contributed by atoms with Crippen molar-refractivity contribution in [3.05, 3.63) is 106 Å². The molecule has 1 aromatic heterocycles. The summed E-state index contributed by atoms with van der Waals surface area (Å²) in [6.45, 7) is 2.16. The minimum Gasteiger partial charge on any atom is -0.241 e. The lowest BCUT2D eigenvalue weighted by atomic mass is 10.0. The summed E-state index contributed by atoms with van der Waals surface area (Å²) in [5.74, 6) is 2.43. The van der Waals surface area contributed by atoms with Crippen LogP contribution in [0.15, 0.2) is 54.9 Å². The van der Waals surface area contributed by atoms with E-state index in [2.05, 4.69) is 28.7 Å². The molecule has 0 atom stereocenters. The molecule has 2 nitrogen and oxygen atoms in total. The molecule has 0 saturated carbocycles. The SMILES string of the molecule is CCCCCc1cnc(CCc2cc(F)c(C#Cc3ccc4cc(F)c(F)cc4c3)c(F)c2)nc1. The van der Waals surface area contributed by atoms with Crippen LogP contribution in [0.4, 0.5) is 17.6 Å². The van der Waals surface area contributed by atoms with Gasteiger partial charge in [-0.05, 0) is 77.6 Å². The number of halogens is 4. The van der Waals surface area contributed by atoms with Crippen molar-refractivity contribution >= 4 is 10.8 Å². The van der Waals surface area contributed by atoms with Crippen LogP contribution in [0.2, 0.25) is 0 Å². The van der Waals surface area contributed by atoms with Gasteiger partial charge in [-0.2, -0.15) is 0 Å². The van der Waals surface area contributed by atoms with E-state index in [4.69, 9.17) is 0 Å². The fraction of sp³-hybridized carbons (Fsp3) is 0.241. The molecule has 0 radical (unpaired) electrons. The second kappa shape index (κ2) is 11.1. The van der Waals surface area contributed by atoms with Gasteiger partial charge in [-0.1, -0.05) is 37.7 Å². The fourth-order valence-corrected chi connectivity index (χ4v) is 3.82. The van der Waals surface area contributed by atoms with Crippen LogP contribution in [0, 0.1) is 35.1 Å². The zero-order chi connectivity index (χ0) is 24.8. The quantitative estimate of drug-likeness (QED) is 0.161. The molecule has 0 spiro atoms. The van der Waals surface area contributed by atoms with Crippen molar-refractivity contribution in [1.82, 2.24) is 9.97 Å². The number of nitrogens with zero attached hydrogens (tertiary/aromatic N) is 2. The van der Waals surface area contributed by atoms with Gasteiger partial charge in [0.2, 0.25) is 0 Å². The van der Waals surface area contributed by atoms with Crippen molar-refractivity contribution in [1.29, 1.82) is 0 Å². The molecule has 0 aliphatic heterocycles. The van der Waals surface area contributed by atoms with E-state index >= 15 is 0 Å². The van der Waals surface area contributed by atoms with E-state index in [0.717, 1.165) is 37.0 Å². The average molecular weight is 477 g/mol. The lowest BCUT2D eigenvalue weighted by Crippen LogP contribution is -2.01. The van der Waals surface area contributed by atoms with Gasteiger partial charge in [0.15, 0.2) is 11.6 Å². The van der Waals surface area contributed by atoms with Gasteiger partial charge in [0.25, 0.3) is 0 Å². The second-order valence-electron chi connectivity index (χ2n) is 8.48. The third kappa shape index (κ3) is 6.24. The number of hydrogen-bond acceptors (Lipinski definition) is 2. The van der Waals surface area contributed by atoms with Crippen LogP contribution < -0.4 is 0 Å². The van der Waals surface area contributed by atoms with Gasteiger partial charge < -0.3 is 0 Å². The molecule has 6 heteroatoms. The average Bonchev–Trinajstić information content (AvgIpc) is 2.84. The van der Waals surface area contributed by atoms with Crippen molar-refractivity contribution in [2.24, 2.45) is 0 Å². The molecule has 0 bridgehead atoms. The molecule has 0 unspecified atom stereocenters. The first-order chi connectivity index (χ1) is 16.9. The lowest BCUT2D eigenvalue weighted by molar-refractivity contribution is 0.511. The summed E-state index contributed by atoms with van der Waals surface area (Å²) in [6.07, 6.45) is 8.86. The summed E-state index contributed by atoms with van der Waals surface area (Å²) < 4.78 is 56.1. The van der Waals surface area contributed by atoms with E-state index in [0.29, 0.717) is 40.6 Å². The Labute approximate surface area is 202 Å². The molecule has 0 amide bonds. The van der Waals surface area contributed by atoms with Crippen LogP contribution in [0.3, 0.4) is 0 Å². The van der Waals surface area contributed by atoms with Gasteiger partial charge in [0, 0.05) is 24.4 Å². The van der Waals surface area contributed by atoms with E-state index in [1.807, 2.05) is 12.4 Å². The van der Waals surface area contributed by atoms with E-state index in [-0.39, 0.29) is 5.56 Å². The van der Waals surface area contributed by atoms with E-state index in [1.54, 1.807) is 18.2 Å². The molecule has 0 fully saturated rings. The van der Waals surface area contributed by atoms with E-state index in [9.17, 15) is 17.6 Å². The third-order valence-corrected chi connectivity index (χ3v) is 5.78. The van der Waals surface area contributed by atoms with E-state index < -0.39 is 23.3 Å². The molecule has 178 valence electrons. The Balaban J connectivity index is 1.44. The highest BCUT2D eigenvalue weighted by Gasteiger charge is 2.10. The van der Waals surface area contributed by atoms with Gasteiger partial charge in [0.05, 0.1) is 5.56 Å². The zero-order valence-corrected chi connectivity index (χ0v) is 19.3. The highest BCUT2D eigenvalue weighted by atomic mass is 19.2. The number of aryl methyl sites for hydroxylation is 3. The summed E-state index contributed by atoms with van der Waals surface area (Å²) in [5.41, 5.74) is 1.67. The maximum Gasteiger partial charge on any atom is 0.159 e. The first kappa shape index (κ1) is 24.4. The monoisotopic (exact) mass is 476 g/mol. The number of hydrogen-bond donors (Lipinski definition) is 0. The van der Waals surface area contributed by atoms with Crippen LogP contribution in [0.5, 0.6) is 0 Å². The molecule has 4 rings (SSSR count). The summed E-state index contributed by atoms with van der Waals surface area (Å²) >= 11 is 0. The summed E-state index contributed by atoms with van der Waals surface area (Å²) in [6, 6.07) is 9.41. The fourth-order valence-electron chi connectivity index (χ4n) is 3.82. The molecule has 0 aliphatic carbocycles. The van der Waals surface area contributed by atoms with Gasteiger partial charge in [0.1, 0.15) is 17.5 Å². The Morgan fingerprint density at radius 3 is 2.03 bits per heavy atom. The Morgan fingerprint density at radius 1 is 0.657 bits per heavy atom. The summed E-state index contributed by atoms with van der Waals surface area (Å²) in [7, 11) is 0. The summed E-state index contributed by atoms with van der Waals surface area (Å²) in [5, 5.41) is 0.953. The molecular weight excluding hydrogens is 452 g/mol. The zero-order valence-electron chi connectivity index (χ0n) is 19.3. The predicted octanol–water partition coefficient (Wildman–Crippen LogP) is 7.10. The van der Waals surface area contributed by atoms with Crippen molar-refractivity contribution in [3.63, 3.8) is 0 Å². The van der Waals surface area contributed by atoms with Gasteiger partial charge in [-0.15, -0.1) is 0 Å². The Bertz CT molecular complexity index is 1380. The van der Waals surface area contributed by atoms with Gasteiger partial charge >= 0.3 is 0 Å². The number of rotatable bonds is 7. The van der Waals surface area contributed by atoms with E-state index in [1.165, 1.54) is 18.6 Å². The van der Waals surface area contributed by atoms with Gasteiger partial charge in [-0.25, -0.2) is 27.5 Å². The number of fused-ring (bicyclic) bond motifs is 1. The Morgan fingerprint density at radius 2 is 1.34 bits per heavy atom. The Hall–Kier alpha value is -3.72. The molecular formula is C29H24F4N2. The van der Waals surface area contributed by atoms with Crippen LogP contribution in [0.1, 0.15) is 54.3 Å². The highest BCUT2D eigenvalue weighted by molar-refractivity contribution is 5.84. The minimum absolute atomic E-state index is 0.341. The molecule has 4 aromatic rings. The predicted molar refractivity (Wildman–Crippen MR) is 129 cm³/mol. The molecule has 0 N–H and O–H groups in total. The second-order valence-corrected chi connectivity index (χ2v) is 8.48. The highest BCUT2D eigenvalue weighted by Crippen LogP contribution is 2.20. The van der Waals surface area contributed by atoms with Crippen molar-refractivity contribution in [2.45, 2.75) is 45.4 Å². The molecule has 1 heterocycles. The maximum absolute atomic E-state index is 14.6. The molecule has 35 heavy (non-hydrogen) atoms. The van der Waals surface area contributed by atoms with Crippen LogP contribution in [-0.4, -0.2) is 9.97 Å². The number of unbranched alkanes of at least 4 members (excludes halogenated alkanes) is 2. The number of benzene rings is 3. The van der Waals surface area contributed by atoms with Crippen LogP contribution in [0.25, 0.3) is 10.8 Å². The minimum atomic E-state index is -0.969. The van der Waals surface area contributed by atoms with Crippen molar-refractivity contribution < 1.29 is 17.6 Å². The first-order valence-electron chi connectivity index (χ1n) is 11.6. The van der Waals surface area contributed by atoms with Crippen LogP contribution in [-0.2, 0) is 19.3 Å². The largest absolute Gasteiger partial charge is 0.241 e. The number of aromatic nitrogens is 2. The van der Waals surface area contributed by atoms with Crippen molar-refractivity contribution in [3.8, 4) is 11.8 Å². The topological polar surface area (TPSA) is 25.8 Å². The van der Waals surface area contributed by atoms with Crippen molar-refractivity contribution in [2.75, 3.05) is 0 Å². The van der Waals surface area contributed by atoms with Gasteiger partial charge in [-0.3, -0.25) is 0 Å². The normalized spacial score (nSPS) is 10.9. The summed E-state index contributed by atoms with van der Waals surface area (Å²) in [4.78, 5) is 8.73. The lowest BCUT2D eigenvalue weighted by Gasteiger charge is -2.05. The Kier molecular flexibility index (Phi) is 7.77. The van der Waals surface area contributed by atoms with Crippen LogP contribution >= 0.6 is 0 Å². The smallest absolute Gasteiger partial charge is 0.159 e. The molecule has 3 aromatic carbocycles. The molecule has 0 aliphatic rings. The third-order valence-electron chi connectivity index (χ3n) is 5.78.